The summed E-state index contributed by atoms with van der Waals surface area (Å²) in [6, 6.07) is -1.01. The molecule has 1 heterocycles. The van der Waals surface area contributed by atoms with Crippen LogP contribution in [0.25, 0.3) is 0 Å². The summed E-state index contributed by atoms with van der Waals surface area (Å²) in [5.41, 5.74) is 5.57. The van der Waals surface area contributed by atoms with E-state index in [9.17, 15) is 19.2 Å². The maximum Gasteiger partial charge on any atom is 0.335 e. The van der Waals surface area contributed by atoms with Crippen molar-refractivity contribution in [3.05, 3.63) is 12.7 Å². The first-order valence-corrected chi connectivity index (χ1v) is 7.23. The number of carbonyl (C=O) groups is 4. The largest absolute Gasteiger partial charge is 0.351 e. The number of hydrogen-bond donors (Lipinski definition) is 2. The van der Waals surface area contributed by atoms with Crippen LogP contribution in [0, 0.1) is 0 Å². The standard InChI is InChI=1S/C14H22N4O4.ClH/c1-3-5-6-10(8-15)16-11(19)9-18-13(21)12(20)17(7-4-2)14(18)22;/h4,10H,2-3,5-9,15H2,1H3,(H,16,19);1H. The van der Waals surface area contributed by atoms with Crippen molar-refractivity contribution >= 4 is 36.2 Å². The van der Waals surface area contributed by atoms with Gasteiger partial charge in [-0.15, -0.1) is 19.0 Å². The number of unbranched alkanes of at least 4 members (excludes halogenated alkanes) is 1. The summed E-state index contributed by atoms with van der Waals surface area (Å²) >= 11 is 0. The van der Waals surface area contributed by atoms with Gasteiger partial charge >= 0.3 is 17.8 Å². The summed E-state index contributed by atoms with van der Waals surface area (Å²) in [6.45, 7) is 5.16. The zero-order valence-electron chi connectivity index (χ0n) is 13.1. The van der Waals surface area contributed by atoms with Crippen molar-refractivity contribution in [2.45, 2.75) is 32.2 Å². The van der Waals surface area contributed by atoms with Gasteiger partial charge in [-0.1, -0.05) is 25.8 Å². The van der Waals surface area contributed by atoms with Gasteiger partial charge < -0.3 is 11.1 Å². The van der Waals surface area contributed by atoms with Crippen LogP contribution in [0.1, 0.15) is 26.2 Å². The van der Waals surface area contributed by atoms with Crippen LogP contribution in [-0.4, -0.2) is 59.2 Å². The lowest BCUT2D eigenvalue weighted by Crippen LogP contribution is -2.46. The number of halogens is 1. The molecule has 0 saturated carbocycles. The van der Waals surface area contributed by atoms with E-state index >= 15 is 0 Å². The molecule has 0 spiro atoms. The van der Waals surface area contributed by atoms with Crippen LogP contribution < -0.4 is 11.1 Å². The van der Waals surface area contributed by atoms with Gasteiger partial charge in [-0.2, -0.15) is 0 Å². The molecular formula is C14H23ClN4O4. The Morgan fingerprint density at radius 1 is 1.30 bits per heavy atom. The summed E-state index contributed by atoms with van der Waals surface area (Å²) in [6.07, 6.45) is 3.94. The number of rotatable bonds is 9. The van der Waals surface area contributed by atoms with Crippen LogP contribution >= 0.6 is 12.4 Å². The van der Waals surface area contributed by atoms with Gasteiger partial charge in [-0.3, -0.25) is 19.3 Å². The Hall–Kier alpha value is -1.93. The monoisotopic (exact) mass is 346 g/mol. The lowest BCUT2D eigenvalue weighted by atomic mass is 10.1. The van der Waals surface area contributed by atoms with Gasteiger partial charge in [0.1, 0.15) is 6.54 Å². The Balaban J connectivity index is 0.00000484. The first-order chi connectivity index (χ1) is 10.5. The van der Waals surface area contributed by atoms with E-state index in [0.29, 0.717) is 4.90 Å². The quantitative estimate of drug-likeness (QED) is 0.347. The molecule has 130 valence electrons. The van der Waals surface area contributed by atoms with Gasteiger partial charge in [0.25, 0.3) is 0 Å². The van der Waals surface area contributed by atoms with Crippen molar-refractivity contribution in [3.63, 3.8) is 0 Å². The van der Waals surface area contributed by atoms with Crippen molar-refractivity contribution in [2.24, 2.45) is 5.73 Å². The highest BCUT2D eigenvalue weighted by atomic mass is 35.5. The second-order valence-corrected chi connectivity index (χ2v) is 5.02. The van der Waals surface area contributed by atoms with E-state index in [4.69, 9.17) is 5.73 Å². The first-order valence-electron chi connectivity index (χ1n) is 7.23. The average molecular weight is 347 g/mol. The van der Waals surface area contributed by atoms with E-state index in [1.165, 1.54) is 6.08 Å². The average Bonchev–Trinajstić information content (AvgIpc) is 2.69. The molecule has 23 heavy (non-hydrogen) atoms. The fourth-order valence-electron chi connectivity index (χ4n) is 2.10. The molecule has 1 saturated heterocycles. The van der Waals surface area contributed by atoms with Gasteiger partial charge in [0, 0.05) is 19.1 Å². The van der Waals surface area contributed by atoms with Crippen molar-refractivity contribution in [3.8, 4) is 0 Å². The van der Waals surface area contributed by atoms with Gasteiger partial charge in [0.05, 0.1) is 0 Å². The number of nitrogens with two attached hydrogens (primary N) is 1. The molecule has 1 aliphatic rings. The highest BCUT2D eigenvalue weighted by molar-refractivity contribution is 6.45. The van der Waals surface area contributed by atoms with E-state index in [2.05, 4.69) is 11.9 Å². The van der Waals surface area contributed by atoms with Crippen LogP contribution in [-0.2, 0) is 14.4 Å². The molecule has 0 bridgehead atoms. The summed E-state index contributed by atoms with van der Waals surface area (Å²) in [4.78, 5) is 48.6. The van der Waals surface area contributed by atoms with E-state index in [1.807, 2.05) is 6.92 Å². The molecule has 1 unspecified atom stereocenters. The number of imide groups is 2. The van der Waals surface area contributed by atoms with Crippen molar-refractivity contribution < 1.29 is 19.2 Å². The molecule has 5 amide bonds. The Kier molecular flexibility index (Phi) is 9.12. The molecule has 0 aromatic rings. The maximum absolute atomic E-state index is 11.9. The highest BCUT2D eigenvalue weighted by Gasteiger charge is 2.44. The fraction of sp³-hybridized carbons (Fsp3) is 0.571. The van der Waals surface area contributed by atoms with E-state index < -0.39 is 30.3 Å². The van der Waals surface area contributed by atoms with Crippen molar-refractivity contribution in [1.82, 2.24) is 15.1 Å². The zero-order valence-corrected chi connectivity index (χ0v) is 13.9. The van der Waals surface area contributed by atoms with Gasteiger partial charge in [0.2, 0.25) is 5.91 Å². The second kappa shape index (κ2) is 9.96. The minimum atomic E-state index is -1.00. The predicted octanol–water partition coefficient (Wildman–Crippen LogP) is 0.0187. The molecule has 1 atom stereocenters. The van der Waals surface area contributed by atoms with E-state index in [-0.39, 0.29) is 31.5 Å². The SMILES string of the molecule is C=CCN1C(=O)C(=O)N(CC(=O)NC(CN)CCCC)C1=O.Cl. The van der Waals surface area contributed by atoms with E-state index in [0.717, 1.165) is 24.2 Å². The Bertz CT molecular complexity index is 483. The van der Waals surface area contributed by atoms with Gasteiger partial charge in [-0.05, 0) is 6.42 Å². The third kappa shape index (κ3) is 5.33. The second-order valence-electron chi connectivity index (χ2n) is 5.02. The molecule has 1 aliphatic heterocycles. The molecule has 1 rings (SSSR count). The zero-order chi connectivity index (χ0) is 16.7. The Morgan fingerprint density at radius 2 is 1.91 bits per heavy atom. The number of nitrogens with one attached hydrogen (secondary N) is 1. The molecule has 3 N–H and O–H groups in total. The van der Waals surface area contributed by atoms with Gasteiger partial charge in [0.15, 0.2) is 0 Å². The molecule has 0 aliphatic carbocycles. The molecule has 1 fully saturated rings. The fourth-order valence-corrected chi connectivity index (χ4v) is 2.10. The molecule has 0 aromatic carbocycles. The number of hydrogen-bond acceptors (Lipinski definition) is 5. The predicted molar refractivity (Wildman–Crippen MR) is 86.8 cm³/mol. The number of carbonyl (C=O) groups excluding carboxylic acids is 4. The lowest BCUT2D eigenvalue weighted by molar-refractivity contribution is -0.143. The van der Waals surface area contributed by atoms with Gasteiger partial charge in [-0.25, -0.2) is 9.69 Å². The summed E-state index contributed by atoms with van der Waals surface area (Å²) in [7, 11) is 0. The molecular weight excluding hydrogens is 324 g/mol. The molecule has 0 radical (unpaired) electrons. The molecule has 0 aromatic heterocycles. The Labute approximate surface area is 141 Å². The normalized spacial score (nSPS) is 15.5. The Morgan fingerprint density at radius 3 is 2.43 bits per heavy atom. The van der Waals surface area contributed by atoms with Crippen LogP contribution in [0.3, 0.4) is 0 Å². The molecule has 9 heteroatoms. The minimum Gasteiger partial charge on any atom is -0.351 e. The van der Waals surface area contributed by atoms with Crippen LogP contribution in [0.15, 0.2) is 12.7 Å². The van der Waals surface area contributed by atoms with Crippen molar-refractivity contribution in [1.29, 1.82) is 0 Å². The lowest BCUT2D eigenvalue weighted by Gasteiger charge is -2.19. The molecule has 8 nitrogen and oxygen atoms in total. The highest BCUT2D eigenvalue weighted by Crippen LogP contribution is 2.11. The summed E-state index contributed by atoms with van der Waals surface area (Å²) in [5, 5.41) is 2.67. The maximum atomic E-state index is 11.9. The number of nitrogens with zero attached hydrogens (tertiary/aromatic N) is 2. The third-order valence-corrected chi connectivity index (χ3v) is 3.30. The number of urea groups is 1. The van der Waals surface area contributed by atoms with E-state index in [1.54, 1.807) is 0 Å². The first kappa shape index (κ1) is 21.1. The van der Waals surface area contributed by atoms with Crippen LogP contribution in [0.5, 0.6) is 0 Å². The van der Waals surface area contributed by atoms with Crippen LogP contribution in [0.2, 0.25) is 0 Å². The smallest absolute Gasteiger partial charge is 0.335 e. The topological polar surface area (TPSA) is 113 Å². The summed E-state index contributed by atoms with van der Waals surface area (Å²) in [5.74, 6) is -2.46. The van der Waals surface area contributed by atoms with Crippen LogP contribution in [0.4, 0.5) is 4.79 Å². The van der Waals surface area contributed by atoms with Crippen molar-refractivity contribution in [2.75, 3.05) is 19.6 Å². The summed E-state index contributed by atoms with van der Waals surface area (Å²) < 4.78 is 0. The number of amides is 5. The third-order valence-electron chi connectivity index (χ3n) is 3.30. The minimum absolute atomic E-state index is 0.